The second-order valence-electron chi connectivity index (χ2n) is 9.22. The number of nitrogens with one attached hydrogen (secondary N) is 2. The lowest BCUT2D eigenvalue weighted by atomic mass is 10.0. The van der Waals surface area contributed by atoms with E-state index < -0.39 is 0 Å². The van der Waals surface area contributed by atoms with Crippen LogP contribution < -0.4 is 25.7 Å². The molecule has 0 atom stereocenters. The summed E-state index contributed by atoms with van der Waals surface area (Å²) >= 11 is 0. The summed E-state index contributed by atoms with van der Waals surface area (Å²) in [6.07, 6.45) is 2.14. The van der Waals surface area contributed by atoms with Crippen LogP contribution in [0.15, 0.2) is 53.3 Å². The maximum Gasteiger partial charge on any atom is 0.251 e. The first-order valence-corrected chi connectivity index (χ1v) is 12.3. The second-order valence-corrected chi connectivity index (χ2v) is 9.22. The molecule has 0 radical (unpaired) electrons. The Morgan fingerprint density at radius 3 is 2.56 bits per heavy atom. The van der Waals surface area contributed by atoms with E-state index in [0.29, 0.717) is 25.8 Å². The zero-order valence-corrected chi connectivity index (χ0v) is 21.3. The van der Waals surface area contributed by atoms with Gasteiger partial charge in [-0.1, -0.05) is 12.1 Å². The van der Waals surface area contributed by atoms with Crippen LogP contribution in [0.4, 0.5) is 5.69 Å². The average Bonchev–Trinajstić information content (AvgIpc) is 2.87. The van der Waals surface area contributed by atoms with E-state index in [-0.39, 0.29) is 23.9 Å². The molecule has 2 N–H and O–H groups in total. The molecule has 1 saturated heterocycles. The molecule has 0 unspecified atom stereocenters. The number of hydrogen-bond donors (Lipinski definition) is 2. The summed E-state index contributed by atoms with van der Waals surface area (Å²) in [5.74, 6) is 1.53. The van der Waals surface area contributed by atoms with Crippen LogP contribution in [0.3, 0.4) is 0 Å². The van der Waals surface area contributed by atoms with Gasteiger partial charge in [0.05, 0.1) is 11.2 Å². The van der Waals surface area contributed by atoms with Gasteiger partial charge < -0.3 is 29.6 Å². The molecule has 1 fully saturated rings. The summed E-state index contributed by atoms with van der Waals surface area (Å²) in [5.41, 5.74) is 2.76. The number of aromatic nitrogens is 1. The van der Waals surface area contributed by atoms with Gasteiger partial charge >= 0.3 is 0 Å². The van der Waals surface area contributed by atoms with Crippen molar-refractivity contribution in [3.8, 4) is 11.5 Å². The summed E-state index contributed by atoms with van der Waals surface area (Å²) in [5, 5.41) is 7.42. The van der Waals surface area contributed by atoms with Gasteiger partial charge in [-0.2, -0.15) is 0 Å². The van der Waals surface area contributed by atoms with Crippen LogP contribution in [-0.4, -0.2) is 54.3 Å². The van der Waals surface area contributed by atoms with E-state index >= 15 is 0 Å². The van der Waals surface area contributed by atoms with Gasteiger partial charge in [-0.3, -0.25) is 9.59 Å². The molecule has 1 amide bonds. The van der Waals surface area contributed by atoms with Crippen molar-refractivity contribution in [2.45, 2.75) is 38.9 Å². The number of likely N-dealkylation sites (tertiary alicyclic amines) is 1. The van der Waals surface area contributed by atoms with Crippen molar-refractivity contribution in [3.05, 3.63) is 64.4 Å². The third kappa shape index (κ3) is 6.00. The summed E-state index contributed by atoms with van der Waals surface area (Å²) in [6, 6.07) is 15.7. The first-order chi connectivity index (χ1) is 17.1. The molecule has 0 saturated carbocycles. The highest BCUT2D eigenvalue weighted by Crippen LogP contribution is 2.30. The van der Waals surface area contributed by atoms with Crippen LogP contribution in [0.2, 0.25) is 0 Å². The molecule has 192 valence electrons. The summed E-state index contributed by atoms with van der Waals surface area (Å²) in [7, 11) is 0. The number of amides is 1. The largest absolute Gasteiger partial charge is 0.486 e. The van der Waals surface area contributed by atoms with E-state index in [2.05, 4.69) is 27.7 Å². The first-order valence-electron chi connectivity index (χ1n) is 12.3. The Labute approximate surface area is 217 Å². The van der Waals surface area contributed by atoms with E-state index in [1.165, 1.54) is 12.5 Å². The Hall–Kier alpha value is -3.07. The molecule has 3 aromatic rings. The van der Waals surface area contributed by atoms with Crippen LogP contribution in [0.5, 0.6) is 11.5 Å². The zero-order chi connectivity index (χ0) is 24.2. The lowest BCUT2D eigenvalue weighted by molar-refractivity contribution is -0.114. The smallest absolute Gasteiger partial charge is 0.251 e. The number of pyridine rings is 1. The third-order valence-electron chi connectivity index (χ3n) is 6.77. The lowest BCUT2D eigenvalue weighted by Crippen LogP contribution is -2.43. The van der Waals surface area contributed by atoms with Crippen molar-refractivity contribution in [2.24, 2.45) is 0 Å². The Balaban J connectivity index is 0.00000304. The van der Waals surface area contributed by atoms with E-state index in [0.717, 1.165) is 67.1 Å². The third-order valence-corrected chi connectivity index (χ3v) is 6.77. The summed E-state index contributed by atoms with van der Waals surface area (Å²) in [6.45, 7) is 6.94. The van der Waals surface area contributed by atoms with Crippen molar-refractivity contribution >= 4 is 34.9 Å². The molecule has 0 spiro atoms. The molecule has 2 aromatic carbocycles. The number of carbonyl (C=O) groups excluding carboxylic acids is 1. The molecule has 3 heterocycles. The Kier molecular flexibility index (Phi) is 8.51. The van der Waals surface area contributed by atoms with Crippen molar-refractivity contribution in [1.82, 2.24) is 14.8 Å². The van der Waals surface area contributed by atoms with Gasteiger partial charge in [-0.05, 0) is 61.8 Å². The van der Waals surface area contributed by atoms with Gasteiger partial charge in [0, 0.05) is 44.1 Å². The molecule has 9 heteroatoms. The van der Waals surface area contributed by atoms with Crippen LogP contribution in [0.1, 0.15) is 25.3 Å². The molecule has 0 bridgehead atoms. The predicted octanol–water partition coefficient (Wildman–Crippen LogP) is 3.41. The van der Waals surface area contributed by atoms with Gasteiger partial charge in [-0.15, -0.1) is 12.4 Å². The van der Waals surface area contributed by atoms with Crippen LogP contribution in [-0.2, 0) is 17.9 Å². The number of benzene rings is 2. The quantitative estimate of drug-likeness (QED) is 0.504. The molecule has 36 heavy (non-hydrogen) atoms. The van der Waals surface area contributed by atoms with Crippen LogP contribution in [0.25, 0.3) is 10.9 Å². The van der Waals surface area contributed by atoms with E-state index in [4.69, 9.17) is 9.47 Å². The zero-order valence-electron chi connectivity index (χ0n) is 20.5. The predicted molar refractivity (Wildman–Crippen MR) is 143 cm³/mol. The molecule has 1 aromatic heterocycles. The molecule has 2 aliphatic rings. The second kappa shape index (κ2) is 11.8. The number of rotatable bonds is 7. The van der Waals surface area contributed by atoms with Crippen LogP contribution >= 0.6 is 12.4 Å². The molecule has 2 aliphatic heterocycles. The lowest BCUT2D eigenvalue weighted by Gasteiger charge is -2.32. The molecular weight excluding hydrogens is 480 g/mol. The molecule has 5 rings (SSSR count). The SMILES string of the molecule is CC(=O)Nc1cccc2c1ccc(=O)n2CCN1CCC(NCc2ccc3c(c2)OCCO3)CC1.Cl. The van der Waals surface area contributed by atoms with E-state index in [9.17, 15) is 9.59 Å². The fourth-order valence-electron chi connectivity index (χ4n) is 4.92. The number of halogens is 1. The number of ether oxygens (including phenoxy) is 2. The molecular formula is C27H33ClN4O4. The van der Waals surface area contributed by atoms with Crippen molar-refractivity contribution < 1.29 is 14.3 Å². The summed E-state index contributed by atoms with van der Waals surface area (Å²) < 4.78 is 13.1. The van der Waals surface area contributed by atoms with Crippen LogP contribution in [0, 0.1) is 0 Å². The number of piperidine rings is 1. The fraction of sp³-hybridized carbons (Fsp3) is 0.407. The Bertz CT molecular complexity index is 1270. The van der Waals surface area contributed by atoms with Crippen molar-refractivity contribution in [2.75, 3.05) is 38.2 Å². The van der Waals surface area contributed by atoms with E-state index in [1.807, 2.05) is 28.8 Å². The highest BCUT2D eigenvalue weighted by molar-refractivity contribution is 6.00. The average molecular weight is 513 g/mol. The van der Waals surface area contributed by atoms with Gasteiger partial charge in [-0.25, -0.2) is 0 Å². The first kappa shape index (κ1) is 26.0. The van der Waals surface area contributed by atoms with Crippen molar-refractivity contribution in [1.29, 1.82) is 0 Å². The topological polar surface area (TPSA) is 84.8 Å². The van der Waals surface area contributed by atoms with Gasteiger partial charge in [0.1, 0.15) is 13.2 Å². The van der Waals surface area contributed by atoms with Gasteiger partial charge in [0.15, 0.2) is 11.5 Å². The minimum Gasteiger partial charge on any atom is -0.486 e. The molecule has 0 aliphatic carbocycles. The minimum atomic E-state index is -0.124. The maximum atomic E-state index is 12.6. The van der Waals surface area contributed by atoms with Gasteiger partial charge in [0.25, 0.3) is 5.56 Å². The van der Waals surface area contributed by atoms with Gasteiger partial charge in [0.2, 0.25) is 5.91 Å². The molecule has 8 nitrogen and oxygen atoms in total. The number of hydrogen-bond acceptors (Lipinski definition) is 6. The Morgan fingerprint density at radius 1 is 1.00 bits per heavy atom. The Morgan fingerprint density at radius 2 is 1.78 bits per heavy atom. The summed E-state index contributed by atoms with van der Waals surface area (Å²) in [4.78, 5) is 26.6. The number of nitrogens with zero attached hydrogens (tertiary/aromatic N) is 2. The normalized spacial score (nSPS) is 15.9. The standard InChI is InChI=1S/C27H32N4O4.ClH/c1-19(32)29-23-3-2-4-24-22(23)6-8-27(33)31(24)14-13-30-11-9-21(10-12-30)28-18-20-5-7-25-26(17-20)35-16-15-34-25;/h2-8,17,21,28H,9-16,18H2,1H3,(H,29,32);1H. The van der Waals surface area contributed by atoms with Crippen molar-refractivity contribution in [3.63, 3.8) is 0 Å². The number of carbonyl (C=O) groups is 1. The monoisotopic (exact) mass is 512 g/mol. The maximum absolute atomic E-state index is 12.6. The highest BCUT2D eigenvalue weighted by Gasteiger charge is 2.20. The van der Waals surface area contributed by atoms with E-state index in [1.54, 1.807) is 12.1 Å². The highest BCUT2D eigenvalue weighted by atomic mass is 35.5. The number of anilines is 1. The number of fused-ring (bicyclic) bond motifs is 2. The minimum absolute atomic E-state index is 0. The fourth-order valence-corrected chi connectivity index (χ4v) is 4.92.